The van der Waals surface area contributed by atoms with Crippen LogP contribution in [0.1, 0.15) is 26.4 Å². The van der Waals surface area contributed by atoms with Crippen molar-refractivity contribution >= 4 is 23.2 Å². The van der Waals surface area contributed by atoms with Crippen LogP contribution in [-0.4, -0.2) is 22.8 Å². The van der Waals surface area contributed by atoms with Crippen molar-refractivity contribution in [2.45, 2.75) is 25.6 Å². The third-order valence-electron chi connectivity index (χ3n) is 4.68. The summed E-state index contributed by atoms with van der Waals surface area (Å²) in [4.78, 5) is 28.4. The second-order valence-corrected chi connectivity index (χ2v) is 7.49. The van der Waals surface area contributed by atoms with Gasteiger partial charge in [0, 0.05) is 17.8 Å². The molecule has 0 bridgehead atoms. The van der Waals surface area contributed by atoms with Crippen LogP contribution in [0, 0.1) is 0 Å². The molecule has 0 radical (unpaired) electrons. The molecule has 1 aromatic heterocycles. The predicted octanol–water partition coefficient (Wildman–Crippen LogP) is 4.06. The Morgan fingerprint density at radius 1 is 1.00 bits per heavy atom. The SMILES string of the molecule is O=C(OCc1ccccc1)C1Cc2sccc2C(=O)N1Cc1ccccc1. The number of rotatable bonds is 5. The van der Waals surface area contributed by atoms with Crippen LogP contribution in [-0.2, 0) is 29.1 Å². The van der Waals surface area contributed by atoms with E-state index in [0.717, 1.165) is 16.0 Å². The molecular formula is C22H19NO3S. The van der Waals surface area contributed by atoms with Gasteiger partial charge in [0.15, 0.2) is 0 Å². The van der Waals surface area contributed by atoms with E-state index in [0.29, 0.717) is 18.5 Å². The first-order chi connectivity index (χ1) is 13.2. The lowest BCUT2D eigenvalue weighted by atomic mass is 10.00. The van der Waals surface area contributed by atoms with Gasteiger partial charge in [-0.15, -0.1) is 11.3 Å². The van der Waals surface area contributed by atoms with Gasteiger partial charge in [0.05, 0.1) is 5.56 Å². The van der Waals surface area contributed by atoms with Crippen LogP contribution < -0.4 is 0 Å². The predicted molar refractivity (Wildman–Crippen MR) is 104 cm³/mol. The Hall–Kier alpha value is -2.92. The smallest absolute Gasteiger partial charge is 0.329 e. The molecular weight excluding hydrogens is 358 g/mol. The summed E-state index contributed by atoms with van der Waals surface area (Å²) in [7, 11) is 0. The van der Waals surface area contributed by atoms with Gasteiger partial charge in [0.1, 0.15) is 12.6 Å². The van der Waals surface area contributed by atoms with Crippen molar-refractivity contribution in [2.24, 2.45) is 0 Å². The summed E-state index contributed by atoms with van der Waals surface area (Å²) in [5, 5.41) is 1.90. The Kier molecular flexibility index (Phi) is 5.03. The van der Waals surface area contributed by atoms with Gasteiger partial charge in [0.25, 0.3) is 5.91 Å². The van der Waals surface area contributed by atoms with Gasteiger partial charge in [-0.3, -0.25) is 4.79 Å². The third-order valence-corrected chi connectivity index (χ3v) is 5.63. The summed E-state index contributed by atoms with van der Waals surface area (Å²) in [6.45, 7) is 0.598. The molecule has 1 unspecified atom stereocenters. The van der Waals surface area contributed by atoms with E-state index in [4.69, 9.17) is 4.74 Å². The average Bonchev–Trinajstić information content (AvgIpc) is 3.19. The van der Waals surface area contributed by atoms with Crippen molar-refractivity contribution < 1.29 is 14.3 Å². The molecule has 1 aliphatic heterocycles. The number of benzene rings is 2. The molecule has 0 saturated heterocycles. The molecule has 0 N–H and O–H groups in total. The first-order valence-electron chi connectivity index (χ1n) is 8.84. The summed E-state index contributed by atoms with van der Waals surface area (Å²) in [5.74, 6) is -0.467. The minimum atomic E-state index is -0.604. The molecule has 4 rings (SSSR count). The molecule has 0 spiro atoms. The minimum absolute atomic E-state index is 0.108. The average molecular weight is 377 g/mol. The monoisotopic (exact) mass is 377 g/mol. The van der Waals surface area contributed by atoms with E-state index in [1.165, 1.54) is 11.3 Å². The largest absolute Gasteiger partial charge is 0.459 e. The zero-order chi connectivity index (χ0) is 18.6. The Morgan fingerprint density at radius 3 is 2.37 bits per heavy atom. The van der Waals surface area contributed by atoms with E-state index in [1.807, 2.05) is 72.1 Å². The number of fused-ring (bicyclic) bond motifs is 1. The molecule has 2 heterocycles. The lowest BCUT2D eigenvalue weighted by Crippen LogP contribution is -2.49. The van der Waals surface area contributed by atoms with E-state index < -0.39 is 6.04 Å². The highest BCUT2D eigenvalue weighted by atomic mass is 32.1. The maximum absolute atomic E-state index is 13.0. The molecule has 0 fully saturated rings. The number of nitrogens with zero attached hydrogens (tertiary/aromatic N) is 1. The van der Waals surface area contributed by atoms with E-state index >= 15 is 0 Å². The van der Waals surface area contributed by atoms with Crippen LogP contribution in [0.25, 0.3) is 0 Å². The Morgan fingerprint density at radius 2 is 1.67 bits per heavy atom. The van der Waals surface area contributed by atoms with Crippen molar-refractivity contribution in [1.82, 2.24) is 4.90 Å². The summed E-state index contributed by atoms with van der Waals surface area (Å²) < 4.78 is 5.55. The van der Waals surface area contributed by atoms with E-state index in [2.05, 4.69) is 0 Å². The first kappa shape index (κ1) is 17.5. The molecule has 1 aliphatic rings. The molecule has 1 amide bonds. The Balaban J connectivity index is 1.55. The number of carbonyl (C=O) groups is 2. The molecule has 0 saturated carbocycles. The molecule has 4 nitrogen and oxygen atoms in total. The lowest BCUT2D eigenvalue weighted by molar-refractivity contribution is -0.150. The van der Waals surface area contributed by atoms with E-state index in [-0.39, 0.29) is 18.5 Å². The second kappa shape index (κ2) is 7.76. The third kappa shape index (κ3) is 3.78. The van der Waals surface area contributed by atoms with E-state index in [9.17, 15) is 9.59 Å². The second-order valence-electron chi connectivity index (χ2n) is 6.49. The molecule has 0 aliphatic carbocycles. The fourth-order valence-electron chi connectivity index (χ4n) is 3.27. The minimum Gasteiger partial charge on any atom is -0.459 e. The van der Waals surface area contributed by atoms with Crippen LogP contribution in [0.4, 0.5) is 0 Å². The summed E-state index contributed by atoms with van der Waals surface area (Å²) in [6.07, 6.45) is 0.499. The topological polar surface area (TPSA) is 46.6 Å². The number of thiophene rings is 1. The summed E-state index contributed by atoms with van der Waals surface area (Å²) >= 11 is 1.52. The molecule has 3 aromatic rings. The van der Waals surface area contributed by atoms with Crippen molar-refractivity contribution in [3.05, 3.63) is 93.7 Å². The molecule has 27 heavy (non-hydrogen) atoms. The fourth-order valence-corrected chi connectivity index (χ4v) is 4.17. The number of hydrogen-bond donors (Lipinski definition) is 0. The number of amides is 1. The normalized spacial score (nSPS) is 16.1. The lowest BCUT2D eigenvalue weighted by Gasteiger charge is -2.34. The first-order valence-corrected chi connectivity index (χ1v) is 9.72. The van der Waals surface area contributed by atoms with Crippen LogP contribution in [0.2, 0.25) is 0 Å². The van der Waals surface area contributed by atoms with Gasteiger partial charge in [0.2, 0.25) is 0 Å². The van der Waals surface area contributed by atoms with Gasteiger partial charge in [-0.05, 0) is 22.6 Å². The maximum Gasteiger partial charge on any atom is 0.329 e. The van der Waals surface area contributed by atoms with E-state index in [1.54, 1.807) is 4.90 Å². The standard InChI is InChI=1S/C22H19NO3S/c24-21-18-11-12-27-20(18)13-19(23(21)14-16-7-3-1-4-8-16)22(25)26-15-17-9-5-2-6-10-17/h1-12,19H,13-15H2. The molecule has 136 valence electrons. The van der Waals surface area contributed by atoms with Crippen molar-refractivity contribution in [3.63, 3.8) is 0 Å². The van der Waals surface area contributed by atoms with Gasteiger partial charge >= 0.3 is 5.97 Å². The van der Waals surface area contributed by atoms with Crippen molar-refractivity contribution in [2.75, 3.05) is 0 Å². The maximum atomic E-state index is 13.0. The summed E-state index contributed by atoms with van der Waals surface area (Å²) in [5.41, 5.74) is 2.62. The number of esters is 1. The Labute approximate surface area is 162 Å². The fraction of sp³-hybridized carbons (Fsp3) is 0.182. The number of carbonyl (C=O) groups excluding carboxylic acids is 2. The number of ether oxygens (including phenoxy) is 1. The summed E-state index contributed by atoms with van der Waals surface area (Å²) in [6, 6.07) is 20.5. The zero-order valence-corrected chi connectivity index (χ0v) is 15.5. The van der Waals surface area contributed by atoms with Gasteiger partial charge in [-0.1, -0.05) is 60.7 Å². The van der Waals surface area contributed by atoms with Crippen molar-refractivity contribution in [1.29, 1.82) is 0 Å². The highest BCUT2D eigenvalue weighted by Gasteiger charge is 2.38. The van der Waals surface area contributed by atoms with Gasteiger partial charge in [-0.2, -0.15) is 0 Å². The highest BCUT2D eigenvalue weighted by Crippen LogP contribution is 2.29. The van der Waals surface area contributed by atoms with Crippen LogP contribution >= 0.6 is 11.3 Å². The number of hydrogen-bond acceptors (Lipinski definition) is 4. The van der Waals surface area contributed by atoms with Gasteiger partial charge < -0.3 is 9.64 Å². The van der Waals surface area contributed by atoms with Crippen molar-refractivity contribution in [3.8, 4) is 0 Å². The zero-order valence-electron chi connectivity index (χ0n) is 14.7. The molecule has 2 aromatic carbocycles. The van der Waals surface area contributed by atoms with Crippen LogP contribution in [0.3, 0.4) is 0 Å². The van der Waals surface area contributed by atoms with Crippen LogP contribution in [0.5, 0.6) is 0 Å². The molecule has 1 atom stereocenters. The quantitative estimate of drug-likeness (QED) is 0.630. The van der Waals surface area contributed by atoms with Gasteiger partial charge in [-0.25, -0.2) is 4.79 Å². The van der Waals surface area contributed by atoms with Crippen LogP contribution in [0.15, 0.2) is 72.1 Å². The highest BCUT2D eigenvalue weighted by molar-refractivity contribution is 7.10. The Bertz CT molecular complexity index is 936. The molecule has 5 heteroatoms.